The Kier molecular flexibility index (Phi) is 13.0. The molecule has 3 aromatic rings. The number of benzene rings is 3. The smallest absolute Gasteiger partial charge is 0.255 e. The molecule has 270 valence electrons. The monoisotopic (exact) mass is 730 g/mol. The third-order valence-corrected chi connectivity index (χ3v) is 9.87. The van der Waals surface area contributed by atoms with Crippen LogP contribution in [-0.4, -0.2) is 93.4 Å². The van der Waals surface area contributed by atoms with Gasteiger partial charge in [-0.1, -0.05) is 35.3 Å². The molecule has 4 aliphatic rings. The first-order chi connectivity index (χ1) is 24.0. The van der Waals surface area contributed by atoms with Crippen LogP contribution in [0.1, 0.15) is 46.0 Å². The van der Waals surface area contributed by atoms with Gasteiger partial charge in [0.15, 0.2) is 0 Å². The molecule has 14 heteroatoms. The Morgan fingerprint density at radius 2 is 1.58 bits per heavy atom. The molecule has 4 saturated heterocycles. The van der Waals surface area contributed by atoms with E-state index in [0.29, 0.717) is 82.8 Å². The molecule has 2 unspecified atom stereocenters. The largest absolute Gasteiger partial charge is 0.496 e. The van der Waals surface area contributed by atoms with Crippen molar-refractivity contribution in [3.8, 4) is 11.5 Å². The van der Waals surface area contributed by atoms with Gasteiger partial charge in [-0.3, -0.25) is 14.5 Å². The Bertz CT molecular complexity index is 1640. The maximum absolute atomic E-state index is 13.1. The van der Waals surface area contributed by atoms with E-state index in [0.717, 1.165) is 44.6 Å². The van der Waals surface area contributed by atoms with Crippen molar-refractivity contribution < 1.29 is 28.2 Å². The van der Waals surface area contributed by atoms with Crippen LogP contribution < -0.4 is 31.6 Å². The Balaban J connectivity index is 0.000000204. The minimum Gasteiger partial charge on any atom is -0.496 e. The number of nitrogens with one attached hydrogen (secondary N) is 2. The average molecular weight is 732 g/mol. The van der Waals surface area contributed by atoms with E-state index >= 15 is 0 Å². The lowest BCUT2D eigenvalue weighted by Crippen LogP contribution is -2.57. The summed E-state index contributed by atoms with van der Waals surface area (Å²) >= 11 is 12.1. The number of ether oxygens (including phenoxy) is 3. The number of hydrogen-bond acceptors (Lipinski definition) is 9. The van der Waals surface area contributed by atoms with E-state index in [4.69, 9.17) is 48.9 Å². The van der Waals surface area contributed by atoms with Crippen LogP contribution in [0.4, 0.5) is 15.8 Å². The predicted octanol–water partition coefficient (Wildman–Crippen LogP) is 4.85. The summed E-state index contributed by atoms with van der Waals surface area (Å²) in [5.74, 6) is 0.742. The Morgan fingerprint density at radius 3 is 2.18 bits per heavy atom. The molecular weight excluding hydrogens is 686 g/mol. The van der Waals surface area contributed by atoms with Crippen LogP contribution >= 0.6 is 23.2 Å². The number of hydrogen-bond donors (Lipinski definition) is 4. The van der Waals surface area contributed by atoms with Gasteiger partial charge in [0.2, 0.25) is 0 Å². The van der Waals surface area contributed by atoms with Gasteiger partial charge in [-0.05, 0) is 68.6 Å². The summed E-state index contributed by atoms with van der Waals surface area (Å²) in [7, 11) is 1.52. The third kappa shape index (κ3) is 9.70. The number of carbonyl (C=O) groups excluding carboxylic acids is 2. The van der Waals surface area contributed by atoms with Gasteiger partial charge in [0, 0.05) is 50.9 Å². The second kappa shape index (κ2) is 17.4. The topological polar surface area (TPSA) is 144 Å². The van der Waals surface area contributed by atoms with Crippen molar-refractivity contribution in [2.45, 2.75) is 38.5 Å². The number of anilines is 2. The molecule has 11 nitrogen and oxygen atoms in total. The van der Waals surface area contributed by atoms with Crippen molar-refractivity contribution in [3.05, 3.63) is 81.1 Å². The fourth-order valence-electron chi connectivity index (χ4n) is 6.51. The minimum atomic E-state index is -0.297. The number of morpholine rings is 1. The summed E-state index contributed by atoms with van der Waals surface area (Å²) in [6, 6.07) is 12.9. The summed E-state index contributed by atoms with van der Waals surface area (Å²) in [6.45, 7) is 8.54. The number of halogens is 3. The second-order valence-electron chi connectivity index (χ2n) is 12.7. The van der Waals surface area contributed by atoms with Gasteiger partial charge in [0.05, 0.1) is 59.0 Å². The maximum Gasteiger partial charge on any atom is 0.255 e. The lowest BCUT2D eigenvalue weighted by Gasteiger charge is -2.44. The number of carbonyl (C=O) groups is 2. The lowest BCUT2D eigenvalue weighted by molar-refractivity contribution is -0.0292. The molecule has 50 heavy (non-hydrogen) atoms. The summed E-state index contributed by atoms with van der Waals surface area (Å²) < 4.78 is 29.6. The van der Waals surface area contributed by atoms with E-state index < -0.39 is 0 Å². The second-order valence-corrected chi connectivity index (χ2v) is 13.5. The van der Waals surface area contributed by atoms with Gasteiger partial charge < -0.3 is 41.2 Å². The standard InChI is InChI=1S/C21H25ClFN3O3.C15H20ClN3O2/c1-2-28-20-10-19(24)18(22)9-17(20)21(27)25-11-16-13-26(7-8-29-16)12-14-3-5-15(23)6-4-14;1-21-14-7-12(17)11(16)6-10(14)15(20)18-13-8-19-4-2-9(13)3-5-19/h3-6,9-10,16H,2,7-8,11-13,24H2,1H3,(H,25,27);6-7,9,13H,2-5,8,17H2,1H3,(H,18,20). The molecule has 0 aromatic heterocycles. The van der Waals surface area contributed by atoms with Gasteiger partial charge >= 0.3 is 0 Å². The van der Waals surface area contributed by atoms with Crippen molar-refractivity contribution in [3.63, 3.8) is 0 Å². The van der Waals surface area contributed by atoms with E-state index in [1.54, 1.807) is 30.3 Å². The van der Waals surface area contributed by atoms with E-state index in [1.807, 2.05) is 6.92 Å². The maximum atomic E-state index is 13.1. The summed E-state index contributed by atoms with van der Waals surface area (Å²) in [4.78, 5) is 29.8. The molecule has 2 bridgehead atoms. The molecule has 4 fully saturated rings. The molecule has 0 saturated carbocycles. The number of amides is 2. The molecule has 2 atom stereocenters. The zero-order chi connectivity index (χ0) is 35.8. The molecule has 0 spiro atoms. The number of piperidine rings is 3. The van der Waals surface area contributed by atoms with Crippen molar-refractivity contribution in [1.29, 1.82) is 0 Å². The van der Waals surface area contributed by atoms with Gasteiger partial charge in [0.25, 0.3) is 11.8 Å². The number of nitrogen functional groups attached to an aromatic ring is 2. The highest BCUT2D eigenvalue weighted by Crippen LogP contribution is 2.32. The average Bonchev–Trinajstić information content (AvgIpc) is 3.11. The van der Waals surface area contributed by atoms with Crippen LogP contribution in [0.5, 0.6) is 11.5 Å². The lowest BCUT2D eigenvalue weighted by atomic mass is 9.84. The van der Waals surface area contributed by atoms with Crippen LogP contribution in [0.3, 0.4) is 0 Å². The number of methoxy groups -OCH3 is 1. The van der Waals surface area contributed by atoms with E-state index in [1.165, 1.54) is 25.3 Å². The van der Waals surface area contributed by atoms with E-state index in [9.17, 15) is 14.0 Å². The number of nitrogens with zero attached hydrogens (tertiary/aromatic N) is 2. The van der Waals surface area contributed by atoms with Crippen molar-refractivity contribution in [1.82, 2.24) is 20.4 Å². The van der Waals surface area contributed by atoms with Crippen LogP contribution in [0, 0.1) is 11.7 Å². The first-order valence-electron chi connectivity index (χ1n) is 16.8. The Labute approximate surface area is 302 Å². The van der Waals surface area contributed by atoms with Crippen molar-refractivity contribution >= 4 is 46.4 Å². The fraction of sp³-hybridized carbons (Fsp3) is 0.444. The van der Waals surface area contributed by atoms with E-state index in [2.05, 4.69) is 20.4 Å². The number of rotatable bonds is 10. The molecule has 4 heterocycles. The van der Waals surface area contributed by atoms with E-state index in [-0.39, 0.29) is 29.8 Å². The van der Waals surface area contributed by atoms with Gasteiger partial charge in [-0.2, -0.15) is 0 Å². The first-order valence-corrected chi connectivity index (χ1v) is 17.5. The molecule has 3 aromatic carbocycles. The van der Waals surface area contributed by atoms with Gasteiger partial charge in [-0.15, -0.1) is 0 Å². The first kappa shape index (κ1) is 37.4. The highest BCUT2D eigenvalue weighted by molar-refractivity contribution is 6.34. The van der Waals surface area contributed by atoms with Crippen LogP contribution in [-0.2, 0) is 11.3 Å². The molecule has 4 aliphatic heterocycles. The number of nitrogens with two attached hydrogens (primary N) is 2. The highest BCUT2D eigenvalue weighted by Gasteiger charge is 2.35. The van der Waals surface area contributed by atoms with Crippen LogP contribution in [0.25, 0.3) is 0 Å². The summed E-state index contributed by atoms with van der Waals surface area (Å²) in [5, 5.41) is 6.69. The Hall–Kier alpha value is -3.81. The zero-order valence-electron chi connectivity index (χ0n) is 28.4. The fourth-order valence-corrected chi connectivity index (χ4v) is 6.84. The normalized spacial score (nSPS) is 21.5. The SMILES string of the molecule is CCOc1cc(N)c(Cl)cc1C(=O)NCC1CN(Cc2ccc(F)cc2)CCO1.COc1cc(N)c(Cl)cc1C(=O)NC1CN2CCC1CC2. The quantitative estimate of drug-likeness (QED) is 0.215. The summed E-state index contributed by atoms with van der Waals surface area (Å²) in [6.07, 6.45) is 2.17. The molecule has 6 N–H and O–H groups in total. The predicted molar refractivity (Wildman–Crippen MR) is 194 cm³/mol. The Morgan fingerprint density at radius 1 is 0.940 bits per heavy atom. The van der Waals surface area contributed by atoms with Crippen molar-refractivity contribution in [2.75, 3.05) is 71.1 Å². The van der Waals surface area contributed by atoms with Crippen LogP contribution in [0.2, 0.25) is 10.0 Å². The zero-order valence-corrected chi connectivity index (χ0v) is 29.9. The minimum absolute atomic E-state index is 0.145. The third-order valence-electron chi connectivity index (χ3n) is 9.21. The molecule has 0 aliphatic carbocycles. The highest BCUT2D eigenvalue weighted by atomic mass is 35.5. The molecule has 2 amide bonds. The molecular formula is C36H45Cl2FN6O5. The summed E-state index contributed by atoms with van der Waals surface area (Å²) in [5.41, 5.74) is 14.1. The van der Waals surface area contributed by atoms with Gasteiger partial charge in [0.1, 0.15) is 17.3 Å². The van der Waals surface area contributed by atoms with Gasteiger partial charge in [-0.25, -0.2) is 4.39 Å². The molecule has 7 rings (SSSR count). The number of fused-ring (bicyclic) bond motifs is 3. The molecule has 0 radical (unpaired) electrons. The van der Waals surface area contributed by atoms with Crippen LogP contribution in [0.15, 0.2) is 48.5 Å². The van der Waals surface area contributed by atoms with Crippen molar-refractivity contribution in [2.24, 2.45) is 5.92 Å².